The molecule has 27 heavy (non-hydrogen) atoms. The number of aromatic nitrogens is 1. The molecule has 2 aromatic rings. The minimum absolute atomic E-state index is 0.0237. The van der Waals surface area contributed by atoms with E-state index in [0.29, 0.717) is 29.4 Å². The maximum absolute atomic E-state index is 12.4. The molecule has 0 spiro atoms. The Morgan fingerprint density at radius 3 is 2.74 bits per heavy atom. The fourth-order valence-electron chi connectivity index (χ4n) is 2.79. The Morgan fingerprint density at radius 2 is 2.11 bits per heavy atom. The van der Waals surface area contributed by atoms with Crippen LogP contribution in [0.25, 0.3) is 0 Å². The van der Waals surface area contributed by atoms with Crippen molar-refractivity contribution < 1.29 is 24.2 Å². The zero-order valence-corrected chi connectivity index (χ0v) is 15.5. The predicted octanol–water partition coefficient (Wildman–Crippen LogP) is 1.55. The SMILES string of the molecule is COC(=O)[C@@H](NC(=O)Cc1csc(N2CCCC2=O)n1)c1ccc(O)cc1. The number of benzene rings is 1. The Bertz CT molecular complexity index is 849. The number of esters is 1. The summed E-state index contributed by atoms with van der Waals surface area (Å²) < 4.78 is 4.76. The number of aromatic hydroxyl groups is 1. The number of phenols is 1. The van der Waals surface area contributed by atoms with Crippen molar-refractivity contribution in [2.24, 2.45) is 0 Å². The first-order valence-electron chi connectivity index (χ1n) is 8.39. The molecule has 2 heterocycles. The second-order valence-corrected chi connectivity index (χ2v) is 6.90. The molecule has 1 atom stereocenters. The van der Waals surface area contributed by atoms with Gasteiger partial charge in [-0.3, -0.25) is 14.5 Å². The van der Waals surface area contributed by atoms with E-state index in [2.05, 4.69) is 10.3 Å². The van der Waals surface area contributed by atoms with E-state index in [4.69, 9.17) is 4.74 Å². The molecule has 2 amide bonds. The van der Waals surface area contributed by atoms with Crippen LogP contribution in [0.5, 0.6) is 5.75 Å². The van der Waals surface area contributed by atoms with Crippen LogP contribution < -0.4 is 10.2 Å². The fraction of sp³-hybridized carbons (Fsp3) is 0.333. The van der Waals surface area contributed by atoms with Gasteiger partial charge in [-0.1, -0.05) is 12.1 Å². The number of nitrogens with zero attached hydrogens (tertiary/aromatic N) is 2. The van der Waals surface area contributed by atoms with Crippen molar-refractivity contribution in [1.82, 2.24) is 10.3 Å². The summed E-state index contributed by atoms with van der Waals surface area (Å²) in [5, 5.41) is 14.3. The maximum Gasteiger partial charge on any atom is 0.333 e. The monoisotopic (exact) mass is 389 g/mol. The lowest BCUT2D eigenvalue weighted by Crippen LogP contribution is -2.35. The topological polar surface area (TPSA) is 109 Å². The van der Waals surface area contributed by atoms with Crippen LogP contribution in [0, 0.1) is 0 Å². The van der Waals surface area contributed by atoms with Gasteiger partial charge in [0.15, 0.2) is 11.2 Å². The summed E-state index contributed by atoms with van der Waals surface area (Å²) in [6.07, 6.45) is 1.30. The summed E-state index contributed by atoms with van der Waals surface area (Å²) in [7, 11) is 1.24. The van der Waals surface area contributed by atoms with Crippen LogP contribution in [-0.4, -0.2) is 41.5 Å². The van der Waals surface area contributed by atoms with Gasteiger partial charge in [-0.25, -0.2) is 9.78 Å². The Hall–Kier alpha value is -2.94. The molecule has 0 unspecified atom stereocenters. The van der Waals surface area contributed by atoms with E-state index in [0.717, 1.165) is 6.42 Å². The zero-order chi connectivity index (χ0) is 19.4. The lowest BCUT2D eigenvalue weighted by Gasteiger charge is -2.16. The number of methoxy groups -OCH3 is 1. The summed E-state index contributed by atoms with van der Waals surface area (Å²) in [4.78, 5) is 42.2. The third-order valence-corrected chi connectivity index (χ3v) is 5.07. The molecular weight excluding hydrogens is 370 g/mol. The average Bonchev–Trinajstić information content (AvgIpc) is 3.28. The second kappa shape index (κ2) is 8.17. The van der Waals surface area contributed by atoms with Gasteiger partial charge in [-0.05, 0) is 24.1 Å². The standard InChI is InChI=1S/C18H19N3O5S/c1-26-17(25)16(11-4-6-13(22)7-5-11)20-14(23)9-12-10-27-18(19-12)21-8-2-3-15(21)24/h4-7,10,16,22H,2-3,8-9H2,1H3,(H,20,23)/t16-/m0/s1. The van der Waals surface area contributed by atoms with Crippen molar-refractivity contribution in [3.8, 4) is 5.75 Å². The summed E-state index contributed by atoms with van der Waals surface area (Å²) in [6, 6.07) is 4.95. The quantitative estimate of drug-likeness (QED) is 0.726. The number of nitrogens with one attached hydrogen (secondary N) is 1. The Kier molecular flexibility index (Phi) is 5.70. The molecule has 0 saturated carbocycles. The number of ether oxygens (including phenoxy) is 1. The molecule has 9 heteroatoms. The molecule has 0 bridgehead atoms. The van der Waals surface area contributed by atoms with Crippen molar-refractivity contribution >= 4 is 34.3 Å². The number of anilines is 1. The van der Waals surface area contributed by atoms with Gasteiger partial charge in [-0.15, -0.1) is 11.3 Å². The highest BCUT2D eigenvalue weighted by atomic mass is 32.1. The molecule has 2 N–H and O–H groups in total. The number of hydrogen-bond donors (Lipinski definition) is 2. The van der Waals surface area contributed by atoms with Gasteiger partial charge in [0.2, 0.25) is 11.8 Å². The van der Waals surface area contributed by atoms with E-state index < -0.39 is 17.9 Å². The molecular formula is C18H19N3O5S. The minimum Gasteiger partial charge on any atom is -0.508 e. The smallest absolute Gasteiger partial charge is 0.333 e. The summed E-state index contributed by atoms with van der Waals surface area (Å²) in [6.45, 7) is 0.642. The highest BCUT2D eigenvalue weighted by Gasteiger charge is 2.26. The number of amides is 2. The van der Waals surface area contributed by atoms with Crippen molar-refractivity contribution in [3.05, 3.63) is 40.9 Å². The van der Waals surface area contributed by atoms with E-state index in [1.165, 1.54) is 42.7 Å². The van der Waals surface area contributed by atoms with Crippen LogP contribution in [0.1, 0.15) is 30.1 Å². The Labute approximate surface area is 159 Å². The molecule has 142 valence electrons. The Balaban J connectivity index is 1.67. The van der Waals surface area contributed by atoms with Crippen molar-refractivity contribution in [2.75, 3.05) is 18.6 Å². The molecule has 1 aliphatic rings. The number of phenolic OH excluding ortho intramolecular Hbond substituents is 1. The van der Waals surface area contributed by atoms with Crippen LogP contribution >= 0.6 is 11.3 Å². The van der Waals surface area contributed by atoms with Crippen LogP contribution in [-0.2, 0) is 25.5 Å². The van der Waals surface area contributed by atoms with Crippen molar-refractivity contribution in [3.63, 3.8) is 0 Å². The van der Waals surface area contributed by atoms with Crippen LogP contribution in [0.2, 0.25) is 0 Å². The molecule has 1 aliphatic heterocycles. The second-order valence-electron chi connectivity index (χ2n) is 6.06. The number of thiazole rings is 1. The molecule has 1 fully saturated rings. The van der Waals surface area contributed by atoms with Gasteiger partial charge in [0.25, 0.3) is 0 Å². The van der Waals surface area contributed by atoms with E-state index in [1.807, 2.05) is 0 Å². The molecule has 1 aromatic heterocycles. The van der Waals surface area contributed by atoms with Crippen LogP contribution in [0.15, 0.2) is 29.6 Å². The first-order chi connectivity index (χ1) is 13.0. The average molecular weight is 389 g/mol. The lowest BCUT2D eigenvalue weighted by atomic mass is 10.1. The fourth-order valence-corrected chi connectivity index (χ4v) is 3.66. The normalized spacial score (nSPS) is 14.9. The molecule has 0 radical (unpaired) electrons. The number of rotatable bonds is 6. The summed E-state index contributed by atoms with van der Waals surface area (Å²) in [5.74, 6) is -0.919. The largest absolute Gasteiger partial charge is 0.508 e. The van der Waals surface area contributed by atoms with E-state index in [9.17, 15) is 19.5 Å². The highest BCUT2D eigenvalue weighted by molar-refractivity contribution is 7.14. The van der Waals surface area contributed by atoms with Crippen LogP contribution in [0.4, 0.5) is 5.13 Å². The Morgan fingerprint density at radius 1 is 1.37 bits per heavy atom. The van der Waals surface area contributed by atoms with Gasteiger partial charge in [0.05, 0.1) is 19.2 Å². The summed E-state index contributed by atoms with van der Waals surface area (Å²) in [5.41, 5.74) is 1.02. The van der Waals surface area contributed by atoms with Crippen molar-refractivity contribution in [1.29, 1.82) is 0 Å². The number of hydrogen-bond acceptors (Lipinski definition) is 7. The minimum atomic E-state index is -0.985. The van der Waals surface area contributed by atoms with E-state index >= 15 is 0 Å². The first-order valence-corrected chi connectivity index (χ1v) is 9.27. The van der Waals surface area contributed by atoms with Crippen LogP contribution in [0.3, 0.4) is 0 Å². The lowest BCUT2D eigenvalue weighted by molar-refractivity contribution is -0.145. The zero-order valence-electron chi connectivity index (χ0n) is 14.7. The van der Waals surface area contributed by atoms with Gasteiger partial charge < -0.3 is 15.2 Å². The predicted molar refractivity (Wildman–Crippen MR) is 98.4 cm³/mol. The van der Waals surface area contributed by atoms with Crippen molar-refractivity contribution in [2.45, 2.75) is 25.3 Å². The third-order valence-electron chi connectivity index (χ3n) is 4.15. The maximum atomic E-state index is 12.4. The molecule has 3 rings (SSSR count). The van der Waals surface area contributed by atoms with Gasteiger partial charge in [0, 0.05) is 18.3 Å². The van der Waals surface area contributed by atoms with E-state index in [1.54, 1.807) is 10.3 Å². The molecule has 0 aliphatic carbocycles. The molecule has 1 saturated heterocycles. The number of carbonyl (C=O) groups is 3. The van der Waals surface area contributed by atoms with Gasteiger partial charge >= 0.3 is 5.97 Å². The number of carbonyl (C=O) groups excluding carboxylic acids is 3. The summed E-state index contributed by atoms with van der Waals surface area (Å²) >= 11 is 1.31. The molecule has 8 nitrogen and oxygen atoms in total. The van der Waals surface area contributed by atoms with Gasteiger partial charge in [0.1, 0.15) is 5.75 Å². The first kappa shape index (κ1) is 18.8. The third kappa shape index (κ3) is 4.43. The van der Waals surface area contributed by atoms with E-state index in [-0.39, 0.29) is 18.1 Å². The highest BCUT2D eigenvalue weighted by Crippen LogP contribution is 2.25. The molecule has 1 aromatic carbocycles. The van der Waals surface area contributed by atoms with Gasteiger partial charge in [-0.2, -0.15) is 0 Å².